The highest BCUT2D eigenvalue weighted by Crippen LogP contribution is 2.46. The molecule has 2 aromatic carbocycles. The molecule has 9 nitrogen and oxygen atoms in total. The number of piperazine rings is 1. The molecule has 0 saturated carbocycles. The number of thiophene rings is 1. The molecule has 0 atom stereocenters. The standard InChI is InChI=1S/C29H30N4O5S3/c1-2-38-29(35)32-15-17-33(18-16-32)41(36,37)20-13-11-19(12-14-20)26(34)31-28-25(21-7-3-5-9-23(21)39-28)27-30-22-8-4-6-10-24(22)40-27/h4,6,8,10-14H,2-3,5,7,9,15-18H2,1H3,(H,31,34). The van der Waals surface area contributed by atoms with Crippen LogP contribution < -0.4 is 5.32 Å². The quantitative estimate of drug-likeness (QED) is 0.304. The zero-order valence-corrected chi connectivity index (χ0v) is 25.0. The molecule has 0 unspecified atom stereocenters. The zero-order valence-electron chi connectivity index (χ0n) is 22.6. The van der Waals surface area contributed by atoms with E-state index in [1.54, 1.807) is 41.7 Å². The monoisotopic (exact) mass is 610 g/mol. The van der Waals surface area contributed by atoms with Crippen LogP contribution in [0.15, 0.2) is 53.4 Å². The van der Waals surface area contributed by atoms with Gasteiger partial charge < -0.3 is 15.0 Å². The highest BCUT2D eigenvalue weighted by atomic mass is 32.2. The van der Waals surface area contributed by atoms with Crippen molar-refractivity contribution in [3.05, 3.63) is 64.5 Å². The number of nitrogens with one attached hydrogen (secondary N) is 1. The molecule has 0 spiro atoms. The van der Waals surface area contributed by atoms with E-state index < -0.39 is 16.1 Å². The van der Waals surface area contributed by atoms with E-state index in [1.807, 2.05) is 18.2 Å². The van der Waals surface area contributed by atoms with Gasteiger partial charge >= 0.3 is 6.09 Å². The minimum atomic E-state index is -3.76. The van der Waals surface area contributed by atoms with Crippen LogP contribution in [-0.4, -0.2) is 67.4 Å². The fourth-order valence-electron chi connectivity index (χ4n) is 5.29. The first-order chi connectivity index (χ1) is 19.8. The highest BCUT2D eigenvalue weighted by Gasteiger charge is 2.31. The number of hydrogen-bond acceptors (Lipinski definition) is 8. The minimum Gasteiger partial charge on any atom is -0.450 e. The predicted octanol–water partition coefficient (Wildman–Crippen LogP) is 5.62. The van der Waals surface area contributed by atoms with Crippen LogP contribution in [0.2, 0.25) is 0 Å². The van der Waals surface area contributed by atoms with E-state index in [1.165, 1.54) is 31.8 Å². The Hall–Kier alpha value is -3.32. The van der Waals surface area contributed by atoms with Crippen LogP contribution in [0.3, 0.4) is 0 Å². The van der Waals surface area contributed by atoms with Gasteiger partial charge in [0.25, 0.3) is 5.91 Å². The molecule has 41 heavy (non-hydrogen) atoms. The van der Waals surface area contributed by atoms with E-state index in [2.05, 4.69) is 11.4 Å². The number of fused-ring (bicyclic) bond motifs is 2. The maximum atomic E-state index is 13.4. The van der Waals surface area contributed by atoms with Crippen LogP contribution in [0.1, 0.15) is 40.6 Å². The summed E-state index contributed by atoms with van der Waals surface area (Å²) in [5.74, 6) is -0.294. The number of carbonyl (C=O) groups is 2. The molecule has 0 radical (unpaired) electrons. The van der Waals surface area contributed by atoms with Gasteiger partial charge in [-0.3, -0.25) is 4.79 Å². The van der Waals surface area contributed by atoms with Gasteiger partial charge in [-0.2, -0.15) is 4.31 Å². The number of sulfonamides is 1. The van der Waals surface area contributed by atoms with Crippen molar-refractivity contribution in [2.45, 2.75) is 37.5 Å². The third-order valence-electron chi connectivity index (χ3n) is 7.43. The third-order valence-corrected chi connectivity index (χ3v) is 11.6. The third kappa shape index (κ3) is 5.49. The Morgan fingerprint density at radius 1 is 0.976 bits per heavy atom. The number of ether oxygens (including phenoxy) is 1. The van der Waals surface area contributed by atoms with E-state index in [-0.39, 0.29) is 43.6 Å². The zero-order chi connectivity index (χ0) is 28.6. The van der Waals surface area contributed by atoms with Crippen LogP contribution >= 0.6 is 22.7 Å². The Morgan fingerprint density at radius 2 is 1.71 bits per heavy atom. The van der Waals surface area contributed by atoms with Crippen molar-refractivity contribution >= 4 is 59.9 Å². The van der Waals surface area contributed by atoms with Gasteiger partial charge in [0, 0.05) is 42.2 Å². The number of nitrogens with zero attached hydrogens (tertiary/aromatic N) is 3. The number of rotatable bonds is 6. The molecule has 1 aliphatic heterocycles. The summed E-state index contributed by atoms with van der Waals surface area (Å²) >= 11 is 3.25. The van der Waals surface area contributed by atoms with Gasteiger partial charge in [-0.15, -0.1) is 22.7 Å². The molecule has 1 N–H and O–H groups in total. The molecule has 1 saturated heterocycles. The summed E-state index contributed by atoms with van der Waals surface area (Å²) in [7, 11) is -3.76. The molecule has 0 bridgehead atoms. The highest BCUT2D eigenvalue weighted by molar-refractivity contribution is 7.89. The molecule has 214 valence electrons. The Kier molecular flexibility index (Phi) is 7.82. The van der Waals surface area contributed by atoms with Crippen molar-refractivity contribution in [1.82, 2.24) is 14.2 Å². The number of aromatic nitrogens is 1. The summed E-state index contributed by atoms with van der Waals surface area (Å²) in [5.41, 5.74) is 3.61. The summed E-state index contributed by atoms with van der Waals surface area (Å²) in [5, 5.41) is 4.81. The minimum absolute atomic E-state index is 0.111. The van der Waals surface area contributed by atoms with E-state index in [4.69, 9.17) is 9.72 Å². The number of para-hydroxylation sites is 1. The molecular weight excluding hydrogens is 581 g/mol. The Balaban J connectivity index is 1.20. The first-order valence-electron chi connectivity index (χ1n) is 13.7. The average molecular weight is 611 g/mol. The van der Waals surface area contributed by atoms with Crippen LogP contribution in [0, 0.1) is 0 Å². The Labute approximate surface area is 246 Å². The molecule has 4 aromatic rings. The number of amides is 2. The van der Waals surface area contributed by atoms with Crippen molar-refractivity contribution in [1.29, 1.82) is 0 Å². The first-order valence-corrected chi connectivity index (χ1v) is 16.8. The molecular formula is C29H30N4O5S3. The van der Waals surface area contributed by atoms with Crippen molar-refractivity contribution in [2.24, 2.45) is 0 Å². The Bertz CT molecular complexity index is 1670. The molecule has 6 rings (SSSR count). The largest absolute Gasteiger partial charge is 0.450 e. The van der Waals surface area contributed by atoms with E-state index in [0.29, 0.717) is 5.56 Å². The van der Waals surface area contributed by atoms with Crippen LogP contribution in [-0.2, 0) is 27.6 Å². The molecule has 2 amide bonds. The lowest BCUT2D eigenvalue weighted by atomic mass is 9.95. The fraction of sp³-hybridized carbons (Fsp3) is 0.345. The number of hydrogen-bond donors (Lipinski definition) is 1. The van der Waals surface area contributed by atoms with Crippen LogP contribution in [0.25, 0.3) is 20.8 Å². The van der Waals surface area contributed by atoms with Gasteiger partial charge in [0.2, 0.25) is 10.0 Å². The Morgan fingerprint density at radius 3 is 2.44 bits per heavy atom. The van der Waals surface area contributed by atoms with Gasteiger partial charge in [0.1, 0.15) is 10.0 Å². The number of benzene rings is 2. The number of carbonyl (C=O) groups excluding carboxylic acids is 2. The van der Waals surface area contributed by atoms with Gasteiger partial charge in [-0.1, -0.05) is 12.1 Å². The molecule has 2 aliphatic rings. The molecule has 12 heteroatoms. The van der Waals surface area contributed by atoms with Gasteiger partial charge in [0.05, 0.1) is 21.7 Å². The maximum Gasteiger partial charge on any atom is 0.409 e. The first kappa shape index (κ1) is 27.8. The molecule has 1 fully saturated rings. The normalized spacial score (nSPS) is 16.0. The van der Waals surface area contributed by atoms with Crippen LogP contribution in [0.5, 0.6) is 0 Å². The lowest BCUT2D eigenvalue weighted by molar-refractivity contribution is 0.0933. The summed E-state index contributed by atoms with van der Waals surface area (Å²) < 4.78 is 34.0. The topological polar surface area (TPSA) is 109 Å². The molecule has 3 heterocycles. The number of anilines is 1. The van der Waals surface area contributed by atoms with Gasteiger partial charge in [0.15, 0.2) is 0 Å². The summed E-state index contributed by atoms with van der Waals surface area (Å²) in [6.45, 7) is 2.90. The van der Waals surface area contributed by atoms with Crippen molar-refractivity contribution in [3.8, 4) is 10.6 Å². The smallest absolute Gasteiger partial charge is 0.409 e. The average Bonchev–Trinajstić information content (AvgIpc) is 3.58. The van der Waals surface area contributed by atoms with E-state index >= 15 is 0 Å². The maximum absolute atomic E-state index is 13.4. The van der Waals surface area contributed by atoms with E-state index in [9.17, 15) is 18.0 Å². The second-order valence-corrected chi connectivity index (χ2v) is 14.0. The molecule has 1 aliphatic carbocycles. The predicted molar refractivity (Wildman–Crippen MR) is 161 cm³/mol. The summed E-state index contributed by atoms with van der Waals surface area (Å²) in [6.07, 6.45) is 3.77. The fourth-order valence-corrected chi connectivity index (χ4v) is 9.10. The number of aryl methyl sites for hydroxylation is 1. The summed E-state index contributed by atoms with van der Waals surface area (Å²) in [6, 6.07) is 14.1. The number of thiazole rings is 1. The van der Waals surface area contributed by atoms with E-state index in [0.717, 1.165) is 51.5 Å². The van der Waals surface area contributed by atoms with Crippen LogP contribution in [0.4, 0.5) is 9.80 Å². The molecule has 2 aromatic heterocycles. The van der Waals surface area contributed by atoms with Gasteiger partial charge in [-0.05, 0) is 74.6 Å². The van der Waals surface area contributed by atoms with Crippen molar-refractivity contribution in [2.75, 3.05) is 38.1 Å². The van der Waals surface area contributed by atoms with Crippen molar-refractivity contribution in [3.63, 3.8) is 0 Å². The lowest BCUT2D eigenvalue weighted by Gasteiger charge is -2.33. The SMILES string of the molecule is CCOC(=O)N1CCN(S(=O)(=O)c2ccc(C(=O)Nc3sc4c(c3-c3nc5ccccc5s3)CCCC4)cc2)CC1. The van der Waals surface area contributed by atoms with Gasteiger partial charge in [-0.25, -0.2) is 18.2 Å². The second-order valence-electron chi connectivity index (χ2n) is 9.97. The second kappa shape index (κ2) is 11.5. The lowest BCUT2D eigenvalue weighted by Crippen LogP contribution is -2.50. The summed E-state index contributed by atoms with van der Waals surface area (Å²) in [4.78, 5) is 33.1. The van der Waals surface area contributed by atoms with Crippen molar-refractivity contribution < 1.29 is 22.7 Å².